The second kappa shape index (κ2) is 9.71. The number of methoxy groups -OCH3 is 1. The van der Waals surface area contributed by atoms with Gasteiger partial charge in [0, 0.05) is 38.5 Å². The first kappa shape index (κ1) is 22.4. The van der Waals surface area contributed by atoms with Crippen LogP contribution in [0.5, 0.6) is 5.75 Å². The van der Waals surface area contributed by atoms with E-state index in [1.807, 2.05) is 24.3 Å². The molecule has 2 aliphatic rings. The number of amides is 2. The fourth-order valence-corrected chi connectivity index (χ4v) is 4.35. The van der Waals surface area contributed by atoms with Crippen molar-refractivity contribution in [3.63, 3.8) is 0 Å². The maximum absolute atomic E-state index is 13.0. The van der Waals surface area contributed by atoms with E-state index in [2.05, 4.69) is 0 Å². The molecular weight excluding hydrogens is 397 g/mol. The van der Waals surface area contributed by atoms with Crippen LogP contribution in [0.2, 0.25) is 0 Å². The number of ether oxygens (including phenoxy) is 1. The summed E-state index contributed by atoms with van der Waals surface area (Å²) in [5, 5.41) is 0. The zero-order valence-electron chi connectivity index (χ0n) is 17.3. The van der Waals surface area contributed by atoms with Gasteiger partial charge in [-0.25, -0.2) is 0 Å². The molecule has 2 unspecified atom stereocenters. The quantitative estimate of drug-likeness (QED) is 0.722. The molecule has 2 amide bonds. The highest BCUT2D eigenvalue weighted by molar-refractivity contribution is 5.80. The molecule has 166 valence electrons. The van der Waals surface area contributed by atoms with E-state index < -0.39 is 18.0 Å². The van der Waals surface area contributed by atoms with Gasteiger partial charge in [-0.2, -0.15) is 13.2 Å². The Bertz CT molecular complexity index is 728. The van der Waals surface area contributed by atoms with Gasteiger partial charge in [0.1, 0.15) is 5.75 Å². The van der Waals surface area contributed by atoms with Gasteiger partial charge < -0.3 is 14.5 Å². The minimum absolute atomic E-state index is 0.0349. The molecule has 0 aromatic heterocycles. The number of piperazine rings is 1. The van der Waals surface area contributed by atoms with Crippen LogP contribution in [-0.4, -0.2) is 61.1 Å². The van der Waals surface area contributed by atoms with Gasteiger partial charge in [-0.3, -0.25) is 9.59 Å². The van der Waals surface area contributed by atoms with E-state index in [1.54, 1.807) is 16.9 Å². The highest BCUT2D eigenvalue weighted by Crippen LogP contribution is 2.40. The third kappa shape index (κ3) is 5.67. The molecule has 0 bridgehead atoms. The van der Waals surface area contributed by atoms with Crippen molar-refractivity contribution in [1.82, 2.24) is 9.80 Å². The number of benzene rings is 1. The van der Waals surface area contributed by atoms with Crippen molar-refractivity contribution < 1.29 is 27.5 Å². The van der Waals surface area contributed by atoms with Gasteiger partial charge in [-0.1, -0.05) is 18.6 Å². The molecule has 0 N–H and O–H groups in total. The van der Waals surface area contributed by atoms with Crippen molar-refractivity contribution in [2.45, 2.75) is 44.7 Å². The van der Waals surface area contributed by atoms with E-state index in [0.29, 0.717) is 51.9 Å². The van der Waals surface area contributed by atoms with Crippen molar-refractivity contribution in [3.8, 4) is 5.75 Å². The van der Waals surface area contributed by atoms with Crippen molar-refractivity contribution in [3.05, 3.63) is 29.8 Å². The van der Waals surface area contributed by atoms with Crippen molar-refractivity contribution in [1.29, 1.82) is 0 Å². The predicted molar refractivity (Wildman–Crippen MR) is 106 cm³/mol. The molecule has 1 heterocycles. The summed E-state index contributed by atoms with van der Waals surface area (Å²) in [5.41, 5.74) is 1.05. The average Bonchev–Trinajstić information content (AvgIpc) is 2.77. The molecule has 1 aliphatic carbocycles. The molecule has 1 aromatic rings. The van der Waals surface area contributed by atoms with Crippen LogP contribution in [-0.2, 0) is 16.0 Å². The minimum Gasteiger partial charge on any atom is -0.497 e. The molecule has 8 heteroatoms. The highest BCUT2D eigenvalue weighted by Gasteiger charge is 2.44. The van der Waals surface area contributed by atoms with Crippen molar-refractivity contribution in [2.75, 3.05) is 33.3 Å². The molecule has 1 saturated carbocycles. The van der Waals surface area contributed by atoms with E-state index in [4.69, 9.17) is 4.74 Å². The lowest BCUT2D eigenvalue weighted by Crippen LogP contribution is -2.52. The van der Waals surface area contributed by atoms with Crippen LogP contribution < -0.4 is 4.74 Å². The van der Waals surface area contributed by atoms with Crippen LogP contribution in [0.1, 0.15) is 37.7 Å². The van der Waals surface area contributed by atoms with Gasteiger partial charge in [-0.05, 0) is 43.4 Å². The summed E-state index contributed by atoms with van der Waals surface area (Å²) in [7, 11) is 1.60. The van der Waals surface area contributed by atoms with Gasteiger partial charge in [0.25, 0.3) is 0 Å². The Morgan fingerprint density at radius 2 is 1.67 bits per heavy atom. The fraction of sp³-hybridized carbons (Fsp3) is 0.636. The second-order valence-corrected chi connectivity index (χ2v) is 8.16. The van der Waals surface area contributed by atoms with Gasteiger partial charge in [0.2, 0.25) is 11.8 Å². The number of hydrogen-bond donors (Lipinski definition) is 0. The van der Waals surface area contributed by atoms with Crippen LogP contribution >= 0.6 is 0 Å². The predicted octanol–water partition coefficient (Wildman–Crippen LogP) is 3.67. The minimum atomic E-state index is -4.23. The third-order valence-electron chi connectivity index (χ3n) is 6.22. The standard InChI is InChI=1S/C22H29F3N2O3/c1-30-19-8-5-16(6-9-19)7-10-20(28)26-11-13-27(14-12-26)21(29)17-3-2-4-18(15-17)22(23,24)25/h5-6,8-9,17-18H,2-4,7,10-15H2,1H3. The van der Waals surface area contributed by atoms with Crippen LogP contribution in [0.4, 0.5) is 13.2 Å². The number of carbonyl (C=O) groups excluding carboxylic acids is 2. The Balaban J connectivity index is 1.44. The molecule has 1 aliphatic heterocycles. The zero-order valence-corrected chi connectivity index (χ0v) is 17.3. The first-order valence-corrected chi connectivity index (χ1v) is 10.5. The van der Waals surface area contributed by atoms with E-state index in [1.165, 1.54) is 0 Å². The van der Waals surface area contributed by atoms with Crippen LogP contribution in [0, 0.1) is 11.8 Å². The number of alkyl halides is 3. The zero-order chi connectivity index (χ0) is 21.7. The number of rotatable bonds is 5. The van der Waals surface area contributed by atoms with Gasteiger partial charge in [-0.15, -0.1) is 0 Å². The molecule has 1 aromatic carbocycles. The summed E-state index contributed by atoms with van der Waals surface area (Å²) in [4.78, 5) is 28.6. The second-order valence-electron chi connectivity index (χ2n) is 8.16. The average molecular weight is 426 g/mol. The molecule has 2 atom stereocenters. The van der Waals surface area contributed by atoms with E-state index >= 15 is 0 Å². The number of hydrogen-bond acceptors (Lipinski definition) is 3. The van der Waals surface area contributed by atoms with E-state index in [0.717, 1.165) is 11.3 Å². The number of aryl methyl sites for hydroxylation is 1. The summed E-state index contributed by atoms with van der Waals surface area (Å²) < 4.78 is 44.2. The maximum Gasteiger partial charge on any atom is 0.391 e. The Kier molecular flexibility index (Phi) is 7.26. The van der Waals surface area contributed by atoms with Gasteiger partial charge >= 0.3 is 6.18 Å². The van der Waals surface area contributed by atoms with E-state index in [9.17, 15) is 22.8 Å². The Morgan fingerprint density at radius 3 is 2.27 bits per heavy atom. The first-order valence-electron chi connectivity index (χ1n) is 10.5. The molecule has 30 heavy (non-hydrogen) atoms. The number of nitrogens with zero attached hydrogens (tertiary/aromatic N) is 2. The van der Waals surface area contributed by atoms with Gasteiger partial charge in [0.05, 0.1) is 13.0 Å². The largest absolute Gasteiger partial charge is 0.497 e. The van der Waals surface area contributed by atoms with E-state index in [-0.39, 0.29) is 24.7 Å². The first-order chi connectivity index (χ1) is 14.3. The van der Waals surface area contributed by atoms with Crippen LogP contribution in [0.15, 0.2) is 24.3 Å². The summed E-state index contributed by atoms with van der Waals surface area (Å²) in [5.74, 6) is -1.31. The molecule has 3 rings (SSSR count). The smallest absolute Gasteiger partial charge is 0.391 e. The Morgan fingerprint density at radius 1 is 1.03 bits per heavy atom. The Hall–Kier alpha value is -2.25. The summed E-state index contributed by atoms with van der Waals surface area (Å²) in [6.07, 6.45) is -2.25. The summed E-state index contributed by atoms with van der Waals surface area (Å²) >= 11 is 0. The van der Waals surface area contributed by atoms with Crippen molar-refractivity contribution in [2.24, 2.45) is 11.8 Å². The van der Waals surface area contributed by atoms with Crippen molar-refractivity contribution >= 4 is 11.8 Å². The normalized spacial score (nSPS) is 22.7. The lowest BCUT2D eigenvalue weighted by atomic mass is 9.80. The lowest BCUT2D eigenvalue weighted by molar-refractivity contribution is -0.187. The number of halogens is 3. The molecule has 2 fully saturated rings. The fourth-order valence-electron chi connectivity index (χ4n) is 4.35. The molecule has 1 saturated heterocycles. The van der Waals surface area contributed by atoms with Crippen LogP contribution in [0.25, 0.3) is 0 Å². The molecule has 5 nitrogen and oxygen atoms in total. The van der Waals surface area contributed by atoms with Crippen LogP contribution in [0.3, 0.4) is 0 Å². The lowest BCUT2D eigenvalue weighted by Gasteiger charge is -2.38. The third-order valence-corrected chi connectivity index (χ3v) is 6.22. The SMILES string of the molecule is COc1ccc(CCC(=O)N2CCN(C(=O)C3CCCC(C(F)(F)F)C3)CC2)cc1. The topological polar surface area (TPSA) is 49.9 Å². The molecular formula is C22H29F3N2O3. The van der Waals surface area contributed by atoms with Gasteiger partial charge in [0.15, 0.2) is 0 Å². The summed E-state index contributed by atoms with van der Waals surface area (Å²) in [6, 6.07) is 7.58. The molecule has 0 spiro atoms. The Labute approximate surface area is 175 Å². The highest BCUT2D eigenvalue weighted by atomic mass is 19.4. The molecule has 0 radical (unpaired) electrons. The maximum atomic E-state index is 13.0. The summed E-state index contributed by atoms with van der Waals surface area (Å²) in [6.45, 7) is 1.64. The number of carbonyl (C=O) groups is 2. The monoisotopic (exact) mass is 426 g/mol.